The molecule has 23 heavy (non-hydrogen) atoms. The Morgan fingerprint density at radius 3 is 1.91 bits per heavy atom. The molecule has 0 radical (unpaired) electrons. The largest absolute Gasteiger partial charge is 0.480 e. The standard InChI is InChI=1S/C7H10N2O3S.C6H7BrN2O/c1-12-7-6(13(2,10)11)3-5(8)4-9-7;1-10-6-5(7)2-4(8)3-9-6/h3-4H,8H2,1-2H3;2-3H,8H2,1H3. The molecule has 2 heterocycles. The summed E-state index contributed by atoms with van der Waals surface area (Å²) >= 11 is 3.24. The van der Waals surface area contributed by atoms with Crippen molar-refractivity contribution in [1.82, 2.24) is 9.97 Å². The van der Waals surface area contributed by atoms with Crippen LogP contribution in [0.1, 0.15) is 0 Å². The van der Waals surface area contributed by atoms with E-state index < -0.39 is 9.84 Å². The number of pyridine rings is 2. The predicted octanol–water partition coefficient (Wildman–Crippen LogP) is 1.51. The molecule has 2 rings (SSSR count). The van der Waals surface area contributed by atoms with E-state index in [1.54, 1.807) is 19.4 Å². The molecule has 0 atom stereocenters. The Labute approximate surface area is 142 Å². The lowest BCUT2D eigenvalue weighted by molar-refractivity contribution is 0.385. The number of anilines is 2. The minimum Gasteiger partial charge on any atom is -0.480 e. The van der Waals surface area contributed by atoms with E-state index in [1.807, 2.05) is 0 Å². The van der Waals surface area contributed by atoms with Crippen molar-refractivity contribution in [2.45, 2.75) is 4.90 Å². The highest BCUT2D eigenvalue weighted by Crippen LogP contribution is 2.23. The van der Waals surface area contributed by atoms with Crippen LogP contribution < -0.4 is 20.9 Å². The van der Waals surface area contributed by atoms with Crippen LogP contribution in [-0.4, -0.2) is 38.9 Å². The summed E-state index contributed by atoms with van der Waals surface area (Å²) < 4.78 is 32.8. The van der Waals surface area contributed by atoms with E-state index in [2.05, 4.69) is 25.9 Å². The van der Waals surface area contributed by atoms with Crippen LogP contribution in [-0.2, 0) is 9.84 Å². The third kappa shape index (κ3) is 5.57. The van der Waals surface area contributed by atoms with E-state index in [4.69, 9.17) is 20.9 Å². The van der Waals surface area contributed by atoms with Crippen LogP contribution in [0.2, 0.25) is 0 Å². The normalized spacial score (nSPS) is 10.4. The van der Waals surface area contributed by atoms with Gasteiger partial charge in [-0.15, -0.1) is 0 Å². The summed E-state index contributed by atoms with van der Waals surface area (Å²) in [6.07, 6.45) is 3.96. The zero-order chi connectivity index (χ0) is 17.6. The molecule has 0 aromatic carbocycles. The first-order chi connectivity index (χ1) is 10.7. The van der Waals surface area contributed by atoms with Crippen molar-refractivity contribution in [3.63, 3.8) is 0 Å². The van der Waals surface area contributed by atoms with Crippen molar-refractivity contribution in [2.75, 3.05) is 31.9 Å². The summed E-state index contributed by atoms with van der Waals surface area (Å²) in [5.41, 5.74) is 11.7. The molecule has 0 aliphatic carbocycles. The minimum atomic E-state index is -3.34. The van der Waals surface area contributed by atoms with Gasteiger partial charge in [-0.25, -0.2) is 18.4 Å². The third-order valence-corrected chi connectivity index (χ3v) is 4.11. The fourth-order valence-electron chi connectivity index (χ4n) is 1.46. The number of nitrogens with zero attached hydrogens (tertiary/aromatic N) is 2. The monoisotopic (exact) mass is 404 g/mol. The molecule has 0 aliphatic heterocycles. The van der Waals surface area contributed by atoms with Gasteiger partial charge in [-0.05, 0) is 28.1 Å². The molecule has 2 aromatic heterocycles. The van der Waals surface area contributed by atoms with Crippen LogP contribution >= 0.6 is 15.9 Å². The van der Waals surface area contributed by atoms with Gasteiger partial charge in [0.1, 0.15) is 4.90 Å². The number of aromatic nitrogens is 2. The lowest BCUT2D eigenvalue weighted by Crippen LogP contribution is -2.03. The Morgan fingerprint density at radius 1 is 1.00 bits per heavy atom. The van der Waals surface area contributed by atoms with E-state index in [0.717, 1.165) is 10.7 Å². The number of hydrogen-bond donors (Lipinski definition) is 2. The highest BCUT2D eigenvalue weighted by molar-refractivity contribution is 9.10. The second-order valence-electron chi connectivity index (χ2n) is 4.31. The number of sulfone groups is 1. The molecule has 8 nitrogen and oxygen atoms in total. The summed E-state index contributed by atoms with van der Waals surface area (Å²) in [5, 5.41) is 0. The van der Waals surface area contributed by atoms with Gasteiger partial charge in [-0.1, -0.05) is 0 Å². The van der Waals surface area contributed by atoms with Gasteiger partial charge in [0.15, 0.2) is 9.84 Å². The van der Waals surface area contributed by atoms with Crippen molar-refractivity contribution in [1.29, 1.82) is 0 Å². The number of ether oxygens (including phenoxy) is 2. The van der Waals surface area contributed by atoms with E-state index in [1.165, 1.54) is 19.4 Å². The van der Waals surface area contributed by atoms with Crippen molar-refractivity contribution in [3.8, 4) is 11.8 Å². The fraction of sp³-hybridized carbons (Fsp3) is 0.231. The highest BCUT2D eigenvalue weighted by Gasteiger charge is 2.15. The lowest BCUT2D eigenvalue weighted by Gasteiger charge is -2.05. The summed E-state index contributed by atoms with van der Waals surface area (Å²) in [6, 6.07) is 3.06. The molecule has 0 unspecified atom stereocenters. The summed E-state index contributed by atoms with van der Waals surface area (Å²) in [4.78, 5) is 7.65. The maximum absolute atomic E-state index is 11.2. The van der Waals surface area contributed by atoms with Crippen molar-refractivity contribution < 1.29 is 17.9 Å². The number of halogens is 1. The number of hydrogen-bond acceptors (Lipinski definition) is 8. The zero-order valence-corrected chi connectivity index (χ0v) is 15.2. The summed E-state index contributed by atoms with van der Waals surface area (Å²) in [5.74, 6) is 0.617. The number of nitrogens with two attached hydrogens (primary N) is 2. The summed E-state index contributed by atoms with van der Waals surface area (Å²) in [7, 11) is -0.422. The average Bonchev–Trinajstić information content (AvgIpc) is 2.47. The topological polar surface area (TPSA) is 130 Å². The van der Waals surface area contributed by atoms with E-state index >= 15 is 0 Å². The molecule has 0 spiro atoms. The highest BCUT2D eigenvalue weighted by atomic mass is 79.9. The molecule has 0 fully saturated rings. The molecular formula is C13H17BrN4O4S. The molecule has 4 N–H and O–H groups in total. The maximum atomic E-state index is 11.2. The molecule has 0 amide bonds. The number of rotatable bonds is 3. The maximum Gasteiger partial charge on any atom is 0.232 e. The van der Waals surface area contributed by atoms with Crippen LogP contribution in [0, 0.1) is 0 Å². The van der Waals surface area contributed by atoms with Gasteiger partial charge in [0, 0.05) is 6.26 Å². The van der Waals surface area contributed by atoms with E-state index in [0.29, 0.717) is 17.3 Å². The Morgan fingerprint density at radius 2 is 1.48 bits per heavy atom. The molecule has 0 saturated heterocycles. The second-order valence-corrected chi connectivity index (χ2v) is 7.15. The first-order valence-corrected chi connectivity index (χ1v) is 8.82. The number of nitrogen functional groups attached to an aromatic ring is 2. The van der Waals surface area contributed by atoms with Crippen molar-refractivity contribution >= 4 is 37.1 Å². The van der Waals surface area contributed by atoms with Crippen LogP contribution in [0.5, 0.6) is 11.8 Å². The zero-order valence-electron chi connectivity index (χ0n) is 12.8. The first-order valence-electron chi connectivity index (χ1n) is 6.13. The molecule has 2 aromatic rings. The van der Waals surface area contributed by atoms with Gasteiger partial charge in [0.2, 0.25) is 11.8 Å². The Hall–Kier alpha value is -2.07. The Bertz CT molecular complexity index is 784. The van der Waals surface area contributed by atoms with Gasteiger partial charge < -0.3 is 20.9 Å². The SMILES string of the molecule is COc1ncc(N)cc1Br.COc1ncc(N)cc1S(C)(=O)=O. The fourth-order valence-corrected chi connectivity index (χ4v) is 2.79. The van der Waals surface area contributed by atoms with Gasteiger partial charge in [-0.3, -0.25) is 0 Å². The van der Waals surface area contributed by atoms with Gasteiger partial charge in [0.05, 0.1) is 42.5 Å². The average molecular weight is 405 g/mol. The quantitative estimate of drug-likeness (QED) is 0.786. The Balaban J connectivity index is 0.000000238. The molecular weight excluding hydrogens is 388 g/mol. The van der Waals surface area contributed by atoms with Crippen molar-refractivity contribution in [3.05, 3.63) is 29.0 Å². The molecule has 0 saturated carbocycles. The van der Waals surface area contributed by atoms with Crippen LogP contribution in [0.4, 0.5) is 11.4 Å². The Kier molecular flexibility index (Phi) is 6.58. The number of methoxy groups -OCH3 is 2. The van der Waals surface area contributed by atoms with Gasteiger partial charge in [0.25, 0.3) is 0 Å². The van der Waals surface area contributed by atoms with Crippen LogP contribution in [0.3, 0.4) is 0 Å². The molecule has 0 bridgehead atoms. The molecule has 126 valence electrons. The first kappa shape index (κ1) is 19.0. The van der Waals surface area contributed by atoms with Crippen LogP contribution in [0.25, 0.3) is 0 Å². The van der Waals surface area contributed by atoms with Crippen LogP contribution in [0.15, 0.2) is 33.9 Å². The summed E-state index contributed by atoms with van der Waals surface area (Å²) in [6.45, 7) is 0. The third-order valence-electron chi connectivity index (χ3n) is 2.45. The van der Waals surface area contributed by atoms with E-state index in [-0.39, 0.29) is 10.8 Å². The molecule has 10 heteroatoms. The van der Waals surface area contributed by atoms with Crippen molar-refractivity contribution in [2.24, 2.45) is 0 Å². The van der Waals surface area contributed by atoms with E-state index in [9.17, 15) is 8.42 Å². The lowest BCUT2D eigenvalue weighted by atomic mass is 10.4. The van der Waals surface area contributed by atoms with Gasteiger partial charge >= 0.3 is 0 Å². The predicted molar refractivity (Wildman–Crippen MR) is 91.2 cm³/mol. The second kappa shape index (κ2) is 7.97. The molecule has 0 aliphatic rings. The van der Waals surface area contributed by atoms with Gasteiger partial charge in [-0.2, -0.15) is 0 Å². The minimum absolute atomic E-state index is 0.00926. The smallest absolute Gasteiger partial charge is 0.232 e.